The quantitative estimate of drug-likeness (QED) is 0.119. The summed E-state index contributed by atoms with van der Waals surface area (Å²) in [6.45, 7) is 0. The van der Waals surface area contributed by atoms with E-state index in [4.69, 9.17) is 64.8 Å². The van der Waals surface area contributed by atoms with Crippen molar-refractivity contribution in [3.05, 3.63) is 69.7 Å². The average Bonchev–Trinajstić information content (AvgIpc) is 2.66. The maximum atomic E-state index is 8.94. The maximum absolute atomic E-state index is 8.94. The summed E-state index contributed by atoms with van der Waals surface area (Å²) in [5.74, 6) is 0.350. The van der Waals surface area contributed by atoms with Crippen LogP contribution in [0.15, 0.2) is 69.3 Å². The highest BCUT2D eigenvalue weighted by Gasteiger charge is 1.95. The largest absolute Gasteiger partial charge is 0.507 e. The number of hydrogen-bond acceptors (Lipinski definition) is 9. The van der Waals surface area contributed by atoms with Gasteiger partial charge in [-0.05, 0) is 54.6 Å². The summed E-state index contributed by atoms with van der Waals surface area (Å²) in [5.41, 5.74) is 0. The fraction of sp³-hybridized carbons (Fsp3) is 0. The molecule has 0 saturated carbocycles. The molecule has 0 aliphatic rings. The Morgan fingerprint density at radius 2 is 0.710 bits per heavy atom. The lowest BCUT2D eigenvalue weighted by Crippen LogP contribution is -1.67. The summed E-state index contributed by atoms with van der Waals surface area (Å²) in [4.78, 5) is 23.3. The van der Waals surface area contributed by atoms with Crippen molar-refractivity contribution in [2.24, 2.45) is 0 Å². The van der Waals surface area contributed by atoms with Gasteiger partial charge in [0, 0.05) is 29.8 Å². The van der Waals surface area contributed by atoms with Crippen molar-refractivity contribution in [1.82, 2.24) is 0 Å². The second-order valence-corrected chi connectivity index (χ2v) is 8.46. The summed E-state index contributed by atoms with van der Waals surface area (Å²) in [6.07, 6.45) is 0. The molecule has 0 heterocycles. The van der Waals surface area contributed by atoms with Gasteiger partial charge in [-0.3, -0.25) is 0 Å². The van der Waals surface area contributed by atoms with Gasteiger partial charge in [-0.25, -0.2) is 0 Å². The van der Waals surface area contributed by atoms with Crippen molar-refractivity contribution in [1.29, 1.82) is 0 Å². The van der Waals surface area contributed by atoms with Gasteiger partial charge in [-0.15, -0.1) is 37.9 Å². The van der Waals surface area contributed by atoms with E-state index in [-0.39, 0.29) is 17.2 Å². The highest BCUT2D eigenvalue weighted by atomic mass is 35.5. The molecule has 0 bridgehead atoms. The third-order valence-electron chi connectivity index (χ3n) is 2.81. The van der Waals surface area contributed by atoms with Crippen LogP contribution in [0.3, 0.4) is 0 Å². The Morgan fingerprint density at radius 3 is 0.839 bits per heavy atom. The second-order valence-electron chi connectivity index (χ2n) is 5.17. The van der Waals surface area contributed by atoms with Gasteiger partial charge < -0.3 is 30.0 Å². The van der Waals surface area contributed by atoms with Crippen LogP contribution in [0.5, 0.6) is 17.2 Å². The van der Waals surface area contributed by atoms with Gasteiger partial charge in [0.05, 0.1) is 0 Å². The van der Waals surface area contributed by atoms with Crippen LogP contribution in [0.25, 0.3) is 0 Å². The van der Waals surface area contributed by atoms with Gasteiger partial charge in [-0.2, -0.15) is 0 Å². The zero-order valence-electron chi connectivity index (χ0n) is 15.3. The SMILES string of the molecule is OP(O)O.Oc1cc(Cl)ccc1S.Oc1cc(Cl)ccc1S.Oc1cc(Cl)ccc1S. The lowest BCUT2D eigenvalue weighted by Gasteiger charge is -1.94. The first-order chi connectivity index (χ1) is 14.3. The molecule has 0 radical (unpaired) electrons. The number of hydrogen-bond donors (Lipinski definition) is 9. The van der Waals surface area contributed by atoms with E-state index in [9.17, 15) is 0 Å². The highest BCUT2D eigenvalue weighted by Crippen LogP contribution is 2.25. The summed E-state index contributed by atoms with van der Waals surface area (Å²) in [6, 6.07) is 14.3. The van der Waals surface area contributed by atoms with E-state index in [1.165, 1.54) is 18.2 Å². The van der Waals surface area contributed by atoms with Gasteiger partial charge in [-0.1, -0.05) is 34.8 Å². The van der Waals surface area contributed by atoms with E-state index in [2.05, 4.69) is 37.9 Å². The predicted molar refractivity (Wildman–Crippen MR) is 135 cm³/mol. The summed E-state index contributed by atoms with van der Waals surface area (Å²) in [5, 5.41) is 28.4. The smallest absolute Gasteiger partial charge is 0.324 e. The second kappa shape index (κ2) is 16.0. The number of phenolic OH excluding ortho intramolecular Hbond substituents is 3. The van der Waals surface area contributed by atoms with E-state index >= 15 is 0 Å². The normalized spacial score (nSPS) is 9.48. The molecule has 3 aromatic carbocycles. The molecule has 0 amide bonds. The molecule has 0 spiro atoms. The Kier molecular flexibility index (Phi) is 15.6. The molecular formula is C18H18Cl3O6PS3. The van der Waals surface area contributed by atoms with Gasteiger partial charge in [0.1, 0.15) is 17.2 Å². The van der Waals surface area contributed by atoms with Gasteiger partial charge in [0.2, 0.25) is 0 Å². The molecule has 6 nitrogen and oxygen atoms in total. The number of aromatic hydroxyl groups is 3. The number of halogens is 3. The molecule has 0 saturated heterocycles. The molecule has 0 aliphatic heterocycles. The molecule has 0 aromatic heterocycles. The number of benzene rings is 3. The molecule has 0 aliphatic carbocycles. The molecule has 0 atom stereocenters. The molecule has 13 heteroatoms. The van der Waals surface area contributed by atoms with E-state index in [0.717, 1.165) is 0 Å². The lowest BCUT2D eigenvalue weighted by atomic mass is 10.3. The molecule has 3 rings (SSSR count). The molecule has 6 N–H and O–H groups in total. The van der Waals surface area contributed by atoms with Crippen molar-refractivity contribution in [2.75, 3.05) is 0 Å². The topological polar surface area (TPSA) is 121 Å². The third kappa shape index (κ3) is 14.9. The number of rotatable bonds is 0. The van der Waals surface area contributed by atoms with Crippen LogP contribution in [-0.2, 0) is 0 Å². The summed E-state index contributed by atoms with van der Waals surface area (Å²) >= 11 is 28.4. The zero-order valence-corrected chi connectivity index (χ0v) is 21.1. The minimum absolute atomic E-state index is 0.117. The molecule has 31 heavy (non-hydrogen) atoms. The van der Waals surface area contributed by atoms with Crippen molar-refractivity contribution in [3.8, 4) is 17.2 Å². The van der Waals surface area contributed by atoms with E-state index in [1.54, 1.807) is 36.4 Å². The average molecular weight is 564 g/mol. The van der Waals surface area contributed by atoms with Crippen LogP contribution in [0.2, 0.25) is 15.1 Å². The molecule has 3 aromatic rings. The number of thiol groups is 3. The Morgan fingerprint density at radius 1 is 0.516 bits per heavy atom. The van der Waals surface area contributed by atoms with Crippen LogP contribution < -0.4 is 0 Å². The first kappa shape index (κ1) is 30.3. The summed E-state index contributed by atoms with van der Waals surface area (Å²) < 4.78 is 0. The van der Waals surface area contributed by atoms with Crippen molar-refractivity contribution in [2.45, 2.75) is 14.7 Å². The molecule has 0 fully saturated rings. The van der Waals surface area contributed by atoms with E-state index in [1.807, 2.05) is 0 Å². The third-order valence-corrected chi connectivity index (χ3v) is 4.65. The van der Waals surface area contributed by atoms with Crippen LogP contribution in [0.4, 0.5) is 0 Å². The zero-order chi connectivity index (χ0) is 24.1. The van der Waals surface area contributed by atoms with Gasteiger partial charge in [0.15, 0.2) is 0 Å². The summed E-state index contributed by atoms with van der Waals surface area (Å²) in [7, 11) is -2.62. The highest BCUT2D eigenvalue weighted by molar-refractivity contribution is 7.80. The van der Waals surface area contributed by atoms with Crippen molar-refractivity contribution < 1.29 is 30.0 Å². The number of phenols is 3. The van der Waals surface area contributed by atoms with Gasteiger partial charge in [0.25, 0.3) is 0 Å². The Labute approximate surface area is 211 Å². The molecular weight excluding hydrogens is 546 g/mol. The van der Waals surface area contributed by atoms with Gasteiger partial charge >= 0.3 is 8.60 Å². The van der Waals surface area contributed by atoms with Crippen LogP contribution >= 0.6 is 81.3 Å². The van der Waals surface area contributed by atoms with Crippen LogP contribution in [-0.4, -0.2) is 30.0 Å². The lowest BCUT2D eigenvalue weighted by molar-refractivity contribution is 0.368. The van der Waals surface area contributed by atoms with Crippen molar-refractivity contribution in [3.63, 3.8) is 0 Å². The standard InChI is InChI=1S/3C6H5ClOS.H3O3P/c3*7-4-1-2-6(9)5(8)3-4;1-4(2)3/h3*1-3,8-9H;1-3H. The van der Waals surface area contributed by atoms with E-state index < -0.39 is 8.60 Å². The fourth-order valence-electron chi connectivity index (χ4n) is 1.49. The minimum Gasteiger partial charge on any atom is -0.507 e. The van der Waals surface area contributed by atoms with E-state index in [0.29, 0.717) is 29.8 Å². The Balaban J connectivity index is 0.000000402. The Hall–Kier alpha value is -0.710. The minimum atomic E-state index is -2.62. The molecule has 170 valence electrons. The Bertz CT molecular complexity index is 846. The van der Waals surface area contributed by atoms with Crippen molar-refractivity contribution >= 4 is 81.3 Å². The van der Waals surface area contributed by atoms with Crippen LogP contribution in [0, 0.1) is 0 Å². The first-order valence-electron chi connectivity index (χ1n) is 7.72. The monoisotopic (exact) mass is 562 g/mol. The van der Waals surface area contributed by atoms with Crippen LogP contribution in [0.1, 0.15) is 0 Å². The predicted octanol–water partition coefficient (Wildman–Crippen LogP) is 6.19. The molecule has 0 unspecified atom stereocenters. The first-order valence-corrected chi connectivity index (χ1v) is 11.4. The fourth-order valence-corrected chi connectivity index (χ4v) is 2.41. The maximum Gasteiger partial charge on any atom is 0.324 e.